The van der Waals surface area contributed by atoms with Gasteiger partial charge in [0.15, 0.2) is 5.82 Å². The number of nitrogens with zero attached hydrogens (tertiary/aromatic N) is 1. The molecule has 4 aromatic carbocycles. The summed E-state index contributed by atoms with van der Waals surface area (Å²) in [5.74, 6) is -1.39. The molecule has 0 radical (unpaired) electrons. The number of aromatic amines is 1. The molecule has 1 amide bonds. The van der Waals surface area contributed by atoms with E-state index < -0.39 is 17.5 Å². The molecule has 0 aliphatic heterocycles. The monoisotopic (exact) mass is 413 g/mol. The second-order valence-corrected chi connectivity index (χ2v) is 7.33. The fourth-order valence-electron chi connectivity index (χ4n) is 3.71. The first-order valence-electron chi connectivity index (χ1n) is 9.78. The van der Waals surface area contributed by atoms with Crippen molar-refractivity contribution in [2.45, 2.75) is 6.54 Å². The zero-order valence-corrected chi connectivity index (χ0v) is 16.3. The molecule has 0 bridgehead atoms. The number of halogens is 2. The molecule has 5 rings (SSSR count). The van der Waals surface area contributed by atoms with Crippen LogP contribution in [0.2, 0.25) is 0 Å². The quantitative estimate of drug-likeness (QED) is 0.403. The van der Waals surface area contributed by atoms with Crippen molar-refractivity contribution in [2.75, 3.05) is 0 Å². The molecule has 0 fully saturated rings. The second kappa shape index (κ2) is 7.65. The molecule has 0 spiro atoms. The smallest absolute Gasteiger partial charge is 0.251 e. The van der Waals surface area contributed by atoms with E-state index in [-0.39, 0.29) is 17.6 Å². The maximum Gasteiger partial charge on any atom is 0.251 e. The number of amides is 1. The van der Waals surface area contributed by atoms with Crippen molar-refractivity contribution < 1.29 is 13.6 Å². The van der Waals surface area contributed by atoms with Crippen LogP contribution in [0.3, 0.4) is 0 Å². The highest BCUT2D eigenvalue weighted by Crippen LogP contribution is 2.31. The van der Waals surface area contributed by atoms with Gasteiger partial charge < -0.3 is 5.32 Å². The summed E-state index contributed by atoms with van der Waals surface area (Å²) < 4.78 is 28.0. The van der Waals surface area contributed by atoms with Gasteiger partial charge in [-0.1, -0.05) is 42.5 Å². The summed E-state index contributed by atoms with van der Waals surface area (Å²) in [6.07, 6.45) is 0. The minimum Gasteiger partial charge on any atom is -0.348 e. The third-order valence-corrected chi connectivity index (χ3v) is 5.25. The van der Waals surface area contributed by atoms with Crippen LogP contribution >= 0.6 is 0 Å². The molecule has 1 aromatic heterocycles. The van der Waals surface area contributed by atoms with Gasteiger partial charge in [-0.05, 0) is 52.7 Å². The fraction of sp³-hybridized carbons (Fsp3) is 0.0400. The van der Waals surface area contributed by atoms with Crippen molar-refractivity contribution in [3.05, 3.63) is 102 Å². The zero-order valence-electron chi connectivity index (χ0n) is 16.3. The Balaban J connectivity index is 1.47. The Morgan fingerprint density at radius 1 is 0.903 bits per heavy atom. The summed E-state index contributed by atoms with van der Waals surface area (Å²) in [7, 11) is 0. The maximum absolute atomic E-state index is 14.7. The van der Waals surface area contributed by atoms with Gasteiger partial charge in [-0.2, -0.15) is 5.10 Å². The first kappa shape index (κ1) is 18.9. The third kappa shape index (κ3) is 3.64. The second-order valence-electron chi connectivity index (χ2n) is 7.33. The van der Waals surface area contributed by atoms with Gasteiger partial charge in [-0.25, -0.2) is 8.78 Å². The number of hydrogen-bond acceptors (Lipinski definition) is 2. The van der Waals surface area contributed by atoms with E-state index in [4.69, 9.17) is 0 Å². The molecule has 2 N–H and O–H groups in total. The summed E-state index contributed by atoms with van der Waals surface area (Å²) in [6.45, 7) is 0.102. The number of carbonyl (C=O) groups is 1. The summed E-state index contributed by atoms with van der Waals surface area (Å²) in [5.41, 5.74) is 2.63. The normalized spacial score (nSPS) is 11.2. The first-order valence-corrected chi connectivity index (χ1v) is 9.78. The molecule has 31 heavy (non-hydrogen) atoms. The number of nitrogens with one attached hydrogen (secondary N) is 2. The van der Waals surface area contributed by atoms with Crippen LogP contribution in [0.1, 0.15) is 15.9 Å². The molecule has 0 saturated heterocycles. The highest BCUT2D eigenvalue weighted by molar-refractivity contribution is 5.97. The van der Waals surface area contributed by atoms with E-state index in [1.807, 2.05) is 42.5 Å². The van der Waals surface area contributed by atoms with Gasteiger partial charge in [0.05, 0.1) is 5.69 Å². The minimum atomic E-state index is -0.487. The lowest BCUT2D eigenvalue weighted by Crippen LogP contribution is -2.22. The lowest BCUT2D eigenvalue weighted by atomic mass is 10.0. The van der Waals surface area contributed by atoms with E-state index in [0.29, 0.717) is 16.6 Å². The summed E-state index contributed by atoms with van der Waals surface area (Å²) in [4.78, 5) is 12.3. The molecule has 0 atom stereocenters. The number of rotatable bonds is 4. The van der Waals surface area contributed by atoms with Crippen LogP contribution < -0.4 is 5.32 Å². The van der Waals surface area contributed by atoms with Gasteiger partial charge in [0.1, 0.15) is 11.3 Å². The molecule has 0 aliphatic carbocycles. The SMILES string of the molecule is O=C(NCc1cc(F)c2n[nH]c(-c3ccc4ccccc4c3)c2c1)c1cccc(F)c1. The first-order chi connectivity index (χ1) is 15.1. The molecular weight excluding hydrogens is 396 g/mol. The van der Waals surface area contributed by atoms with Crippen LogP contribution in [0.4, 0.5) is 8.78 Å². The Kier molecular flexibility index (Phi) is 4.67. The molecular formula is C25H17F2N3O. The van der Waals surface area contributed by atoms with Crippen LogP contribution in [0.5, 0.6) is 0 Å². The number of hydrogen-bond donors (Lipinski definition) is 2. The standard InChI is InChI=1S/C25H17F2N3O/c26-20-7-3-6-19(13-20)25(31)28-14-15-10-21-23(29-30-24(21)22(27)11-15)18-9-8-16-4-1-2-5-17(16)12-18/h1-13H,14H2,(H,28,31)(H,29,30). The number of carbonyl (C=O) groups excluding carboxylic acids is 1. The Morgan fingerprint density at radius 2 is 1.74 bits per heavy atom. The van der Waals surface area contributed by atoms with E-state index in [1.165, 1.54) is 24.3 Å². The van der Waals surface area contributed by atoms with Gasteiger partial charge in [-0.3, -0.25) is 9.89 Å². The Bertz CT molecular complexity index is 1440. The lowest BCUT2D eigenvalue weighted by Gasteiger charge is -2.07. The Hall–Kier alpha value is -4.06. The number of aromatic nitrogens is 2. The van der Waals surface area contributed by atoms with E-state index in [2.05, 4.69) is 15.5 Å². The van der Waals surface area contributed by atoms with Crippen LogP contribution in [0, 0.1) is 11.6 Å². The molecule has 6 heteroatoms. The molecule has 0 unspecified atom stereocenters. The van der Waals surface area contributed by atoms with Crippen molar-refractivity contribution in [3.8, 4) is 11.3 Å². The van der Waals surface area contributed by atoms with Gasteiger partial charge in [0.25, 0.3) is 5.91 Å². The molecule has 4 nitrogen and oxygen atoms in total. The average molecular weight is 413 g/mol. The van der Waals surface area contributed by atoms with Gasteiger partial charge >= 0.3 is 0 Å². The van der Waals surface area contributed by atoms with E-state index in [9.17, 15) is 13.6 Å². The minimum absolute atomic E-state index is 0.102. The fourth-order valence-corrected chi connectivity index (χ4v) is 3.71. The van der Waals surface area contributed by atoms with Crippen LogP contribution in [0.15, 0.2) is 78.9 Å². The number of H-pyrrole nitrogens is 1. The molecule has 152 valence electrons. The van der Waals surface area contributed by atoms with Gasteiger partial charge in [-0.15, -0.1) is 0 Å². The number of fused-ring (bicyclic) bond motifs is 2. The summed E-state index contributed by atoms with van der Waals surface area (Å²) >= 11 is 0. The van der Waals surface area contributed by atoms with Gasteiger partial charge in [0.2, 0.25) is 0 Å². The molecule has 0 aliphatic rings. The van der Waals surface area contributed by atoms with E-state index in [0.717, 1.165) is 22.4 Å². The maximum atomic E-state index is 14.7. The average Bonchev–Trinajstić information content (AvgIpc) is 3.22. The van der Waals surface area contributed by atoms with Crippen molar-refractivity contribution in [2.24, 2.45) is 0 Å². The highest BCUT2D eigenvalue weighted by atomic mass is 19.1. The third-order valence-electron chi connectivity index (χ3n) is 5.25. The topological polar surface area (TPSA) is 57.8 Å². The predicted molar refractivity (Wildman–Crippen MR) is 117 cm³/mol. The molecule has 0 saturated carbocycles. The van der Waals surface area contributed by atoms with Crippen LogP contribution in [-0.4, -0.2) is 16.1 Å². The highest BCUT2D eigenvalue weighted by Gasteiger charge is 2.14. The summed E-state index contributed by atoms with van der Waals surface area (Å²) in [6, 6.07) is 22.6. The summed E-state index contributed by atoms with van der Waals surface area (Å²) in [5, 5.41) is 12.6. The van der Waals surface area contributed by atoms with Crippen LogP contribution in [0.25, 0.3) is 32.9 Å². The van der Waals surface area contributed by atoms with Crippen molar-refractivity contribution >= 4 is 27.6 Å². The Morgan fingerprint density at radius 3 is 2.58 bits per heavy atom. The Labute approximate surface area is 176 Å². The molecule has 5 aromatic rings. The van der Waals surface area contributed by atoms with Crippen molar-refractivity contribution in [1.82, 2.24) is 15.5 Å². The van der Waals surface area contributed by atoms with Crippen molar-refractivity contribution in [3.63, 3.8) is 0 Å². The van der Waals surface area contributed by atoms with Crippen LogP contribution in [-0.2, 0) is 6.54 Å². The van der Waals surface area contributed by atoms with E-state index >= 15 is 0 Å². The lowest BCUT2D eigenvalue weighted by molar-refractivity contribution is 0.0950. The van der Waals surface area contributed by atoms with E-state index in [1.54, 1.807) is 6.07 Å². The number of benzene rings is 4. The largest absolute Gasteiger partial charge is 0.348 e. The van der Waals surface area contributed by atoms with Gasteiger partial charge in [0, 0.05) is 23.1 Å². The van der Waals surface area contributed by atoms with Crippen molar-refractivity contribution in [1.29, 1.82) is 0 Å². The molecule has 1 heterocycles. The predicted octanol–water partition coefficient (Wildman–Crippen LogP) is 5.59. The zero-order chi connectivity index (χ0) is 21.4.